The number of ether oxygens (including phenoxy) is 2. The van der Waals surface area contributed by atoms with Crippen LogP contribution in [0.4, 0.5) is 0 Å². The van der Waals surface area contributed by atoms with E-state index < -0.39 is 23.1 Å². The molecule has 2 aliphatic heterocycles. The molecule has 3 heterocycles. The standard InChI is InChI=1S/C10H12N2O5/c13-4-7-6-3-10(17-7,5-16-6)12-2-1-8(14)11-9(12)15/h1-2,6-7,13H,3-5H2,(H,11,14,15)/t6-,7+,10-/m0/s1. The van der Waals surface area contributed by atoms with E-state index in [4.69, 9.17) is 14.6 Å². The molecule has 7 nitrogen and oxygen atoms in total. The smallest absolute Gasteiger partial charge is 0.330 e. The number of hydrogen-bond acceptors (Lipinski definition) is 5. The summed E-state index contributed by atoms with van der Waals surface area (Å²) in [6.45, 7) is 0.102. The average molecular weight is 240 g/mol. The van der Waals surface area contributed by atoms with Crippen molar-refractivity contribution >= 4 is 0 Å². The van der Waals surface area contributed by atoms with Gasteiger partial charge in [-0.3, -0.25) is 14.3 Å². The summed E-state index contributed by atoms with van der Waals surface area (Å²) in [4.78, 5) is 24.9. The van der Waals surface area contributed by atoms with Crippen LogP contribution in [-0.4, -0.2) is 40.1 Å². The van der Waals surface area contributed by atoms with Crippen LogP contribution in [0.2, 0.25) is 0 Å². The van der Waals surface area contributed by atoms with Crippen LogP contribution in [0.25, 0.3) is 0 Å². The summed E-state index contributed by atoms with van der Waals surface area (Å²) in [5, 5.41) is 9.11. The van der Waals surface area contributed by atoms with Gasteiger partial charge in [0.15, 0.2) is 5.72 Å². The predicted octanol–water partition coefficient (Wildman–Crippen LogP) is -1.63. The SMILES string of the molecule is O=c1ccn([C@@]23CO[C@@H](C2)[C@@H](CO)O3)c(=O)[nH]1. The van der Waals surface area contributed by atoms with E-state index in [1.54, 1.807) is 0 Å². The Labute approximate surface area is 95.6 Å². The number of aliphatic hydroxyl groups is 1. The van der Waals surface area contributed by atoms with Gasteiger partial charge in [0.2, 0.25) is 0 Å². The van der Waals surface area contributed by atoms with Crippen molar-refractivity contribution in [1.29, 1.82) is 0 Å². The number of aromatic amines is 1. The van der Waals surface area contributed by atoms with Gasteiger partial charge in [0, 0.05) is 18.7 Å². The van der Waals surface area contributed by atoms with Crippen molar-refractivity contribution in [2.24, 2.45) is 0 Å². The summed E-state index contributed by atoms with van der Waals surface area (Å²) in [5.41, 5.74) is -1.87. The number of fused-ring (bicyclic) bond motifs is 2. The monoisotopic (exact) mass is 240 g/mol. The van der Waals surface area contributed by atoms with E-state index in [1.165, 1.54) is 16.8 Å². The van der Waals surface area contributed by atoms with Crippen molar-refractivity contribution in [2.45, 2.75) is 24.4 Å². The number of aliphatic hydroxyl groups excluding tert-OH is 1. The molecule has 2 bridgehead atoms. The number of nitrogens with zero attached hydrogens (tertiary/aromatic N) is 1. The van der Waals surface area contributed by atoms with Gasteiger partial charge in [-0.15, -0.1) is 0 Å². The lowest BCUT2D eigenvalue weighted by molar-refractivity contribution is -0.189. The van der Waals surface area contributed by atoms with Gasteiger partial charge in [-0.05, 0) is 0 Å². The van der Waals surface area contributed by atoms with E-state index in [0.717, 1.165) is 0 Å². The Morgan fingerprint density at radius 2 is 2.41 bits per heavy atom. The van der Waals surface area contributed by atoms with E-state index in [-0.39, 0.29) is 19.3 Å². The van der Waals surface area contributed by atoms with Crippen LogP contribution in [0.5, 0.6) is 0 Å². The Kier molecular flexibility index (Phi) is 2.22. The molecule has 17 heavy (non-hydrogen) atoms. The maximum atomic E-state index is 11.7. The van der Waals surface area contributed by atoms with Crippen LogP contribution < -0.4 is 11.2 Å². The maximum Gasteiger partial charge on any atom is 0.330 e. The Morgan fingerprint density at radius 1 is 1.59 bits per heavy atom. The summed E-state index contributed by atoms with van der Waals surface area (Å²) in [6.07, 6.45) is 1.29. The molecule has 1 aromatic rings. The Morgan fingerprint density at radius 3 is 3.06 bits per heavy atom. The largest absolute Gasteiger partial charge is 0.394 e. The van der Waals surface area contributed by atoms with Gasteiger partial charge < -0.3 is 14.6 Å². The minimum atomic E-state index is -0.890. The normalized spacial score (nSPS) is 35.4. The van der Waals surface area contributed by atoms with Crippen molar-refractivity contribution in [1.82, 2.24) is 9.55 Å². The molecule has 92 valence electrons. The van der Waals surface area contributed by atoms with Gasteiger partial charge in [-0.2, -0.15) is 0 Å². The van der Waals surface area contributed by atoms with Crippen molar-refractivity contribution in [3.05, 3.63) is 33.1 Å². The van der Waals surface area contributed by atoms with E-state index in [2.05, 4.69) is 4.98 Å². The van der Waals surface area contributed by atoms with Crippen molar-refractivity contribution in [2.75, 3.05) is 13.2 Å². The first-order valence-corrected chi connectivity index (χ1v) is 5.37. The highest BCUT2D eigenvalue weighted by Crippen LogP contribution is 2.42. The third kappa shape index (κ3) is 1.47. The maximum absolute atomic E-state index is 11.7. The third-order valence-electron chi connectivity index (χ3n) is 3.27. The molecule has 2 N–H and O–H groups in total. The Balaban J connectivity index is 2.05. The lowest BCUT2D eigenvalue weighted by atomic mass is 10.1. The molecule has 0 amide bonds. The molecule has 2 aliphatic rings. The van der Waals surface area contributed by atoms with Gasteiger partial charge in [-0.25, -0.2) is 4.79 Å². The highest BCUT2D eigenvalue weighted by atomic mass is 16.6. The van der Waals surface area contributed by atoms with Crippen LogP contribution in [0, 0.1) is 0 Å². The van der Waals surface area contributed by atoms with E-state index in [1.807, 2.05) is 0 Å². The molecule has 3 atom stereocenters. The highest BCUT2D eigenvalue weighted by molar-refractivity contribution is 5.00. The average Bonchev–Trinajstić information content (AvgIpc) is 2.86. The van der Waals surface area contributed by atoms with Crippen LogP contribution in [0.3, 0.4) is 0 Å². The van der Waals surface area contributed by atoms with Crippen molar-refractivity contribution in [3.8, 4) is 0 Å². The summed E-state index contributed by atoms with van der Waals surface area (Å²) in [6, 6.07) is 1.26. The lowest BCUT2D eigenvalue weighted by Crippen LogP contribution is -2.47. The molecule has 0 spiro atoms. The molecule has 0 saturated carbocycles. The zero-order chi connectivity index (χ0) is 12.0. The van der Waals surface area contributed by atoms with Crippen LogP contribution in [-0.2, 0) is 15.2 Å². The van der Waals surface area contributed by atoms with Crippen molar-refractivity contribution < 1.29 is 14.6 Å². The molecule has 0 aliphatic carbocycles. The van der Waals surface area contributed by atoms with Crippen LogP contribution in [0.1, 0.15) is 6.42 Å². The van der Waals surface area contributed by atoms with Gasteiger partial charge in [0.05, 0.1) is 19.3 Å². The molecule has 0 radical (unpaired) electrons. The predicted molar refractivity (Wildman–Crippen MR) is 55.6 cm³/mol. The fourth-order valence-corrected chi connectivity index (χ4v) is 2.47. The van der Waals surface area contributed by atoms with E-state index in [0.29, 0.717) is 6.42 Å². The number of nitrogens with one attached hydrogen (secondary N) is 1. The lowest BCUT2D eigenvalue weighted by Gasteiger charge is -2.30. The minimum absolute atomic E-state index is 0.148. The molecule has 1 aromatic heterocycles. The van der Waals surface area contributed by atoms with Crippen molar-refractivity contribution in [3.63, 3.8) is 0 Å². The topological polar surface area (TPSA) is 93.5 Å². The number of H-pyrrole nitrogens is 1. The molecular formula is C10H12N2O5. The molecule has 2 saturated heterocycles. The molecular weight excluding hydrogens is 228 g/mol. The number of rotatable bonds is 2. The first-order valence-electron chi connectivity index (χ1n) is 5.37. The number of aromatic nitrogens is 2. The third-order valence-corrected chi connectivity index (χ3v) is 3.27. The summed E-state index contributed by atoms with van der Waals surface area (Å²) >= 11 is 0. The highest BCUT2D eigenvalue weighted by Gasteiger charge is 2.54. The van der Waals surface area contributed by atoms with Gasteiger partial charge >= 0.3 is 5.69 Å². The fraction of sp³-hybridized carbons (Fsp3) is 0.600. The fourth-order valence-electron chi connectivity index (χ4n) is 2.47. The Bertz CT molecular complexity index is 550. The Hall–Kier alpha value is -1.44. The van der Waals surface area contributed by atoms with Gasteiger partial charge in [0.25, 0.3) is 5.56 Å². The van der Waals surface area contributed by atoms with Crippen LogP contribution >= 0.6 is 0 Å². The first kappa shape index (κ1) is 10.7. The zero-order valence-electron chi connectivity index (χ0n) is 8.96. The molecule has 7 heteroatoms. The molecule has 0 aromatic carbocycles. The van der Waals surface area contributed by atoms with E-state index >= 15 is 0 Å². The zero-order valence-corrected chi connectivity index (χ0v) is 8.96. The summed E-state index contributed by atoms with van der Waals surface area (Å²) in [5.74, 6) is 0. The second-order valence-corrected chi connectivity index (χ2v) is 4.32. The van der Waals surface area contributed by atoms with Crippen LogP contribution in [0.15, 0.2) is 21.9 Å². The number of hydrogen-bond donors (Lipinski definition) is 2. The summed E-state index contributed by atoms with van der Waals surface area (Å²) in [7, 11) is 0. The minimum Gasteiger partial charge on any atom is -0.394 e. The first-order chi connectivity index (χ1) is 8.14. The quantitative estimate of drug-likeness (QED) is 0.647. The molecule has 0 unspecified atom stereocenters. The van der Waals surface area contributed by atoms with Gasteiger partial charge in [-0.1, -0.05) is 0 Å². The molecule has 2 fully saturated rings. The second-order valence-electron chi connectivity index (χ2n) is 4.32. The molecule has 3 rings (SSSR count). The van der Waals surface area contributed by atoms with Gasteiger partial charge in [0.1, 0.15) is 6.10 Å². The van der Waals surface area contributed by atoms with E-state index in [9.17, 15) is 9.59 Å². The summed E-state index contributed by atoms with van der Waals surface area (Å²) < 4.78 is 12.5. The second kappa shape index (κ2) is 3.52.